The number of benzene rings is 1. The molecule has 2 N–H and O–H groups in total. The highest BCUT2D eigenvalue weighted by Crippen LogP contribution is 2.36. The summed E-state index contributed by atoms with van der Waals surface area (Å²) in [5.74, 6) is -0.0120. The summed E-state index contributed by atoms with van der Waals surface area (Å²) < 4.78 is 0. The van der Waals surface area contributed by atoms with Gasteiger partial charge in [0.05, 0.1) is 11.6 Å². The number of hydrogen-bond acceptors (Lipinski definition) is 4. The highest BCUT2D eigenvalue weighted by molar-refractivity contribution is 7.14. The third-order valence-corrected chi connectivity index (χ3v) is 4.30. The second-order valence-electron chi connectivity index (χ2n) is 4.98. The van der Waals surface area contributed by atoms with E-state index in [9.17, 15) is 4.79 Å². The molecule has 0 fully saturated rings. The van der Waals surface area contributed by atoms with Gasteiger partial charge in [0, 0.05) is 23.2 Å². The van der Waals surface area contributed by atoms with Crippen LogP contribution in [0.4, 0.5) is 10.8 Å². The normalized spacial score (nSPS) is 16.9. The van der Waals surface area contributed by atoms with Crippen LogP contribution < -0.4 is 10.6 Å². The fraction of sp³-hybridized carbons (Fsp3) is 0.333. The molecule has 2 aromatic rings. The molecule has 0 bridgehead atoms. The van der Waals surface area contributed by atoms with Crippen molar-refractivity contribution in [1.29, 1.82) is 0 Å². The third kappa shape index (κ3) is 2.29. The fourth-order valence-electron chi connectivity index (χ4n) is 2.30. The minimum atomic E-state index is -0.0822. The Morgan fingerprint density at radius 3 is 3.10 bits per heavy atom. The zero-order valence-corrected chi connectivity index (χ0v) is 12.4. The zero-order valence-electron chi connectivity index (χ0n) is 11.6. The van der Waals surface area contributed by atoms with Gasteiger partial charge in [-0.2, -0.15) is 0 Å². The Morgan fingerprint density at radius 1 is 1.45 bits per heavy atom. The lowest BCUT2D eigenvalue weighted by molar-refractivity contribution is -0.116. The van der Waals surface area contributed by atoms with E-state index in [2.05, 4.69) is 34.0 Å². The van der Waals surface area contributed by atoms with Crippen LogP contribution in [-0.4, -0.2) is 17.4 Å². The minimum Gasteiger partial charge on any atom is -0.362 e. The van der Waals surface area contributed by atoms with E-state index in [-0.39, 0.29) is 11.8 Å². The number of carbonyl (C=O) groups is 1. The molecule has 0 radical (unpaired) electrons. The van der Waals surface area contributed by atoms with E-state index in [1.165, 1.54) is 0 Å². The van der Waals surface area contributed by atoms with Crippen LogP contribution in [0.5, 0.6) is 0 Å². The third-order valence-electron chi connectivity index (χ3n) is 3.50. The van der Waals surface area contributed by atoms with Gasteiger partial charge in [0.2, 0.25) is 5.91 Å². The van der Waals surface area contributed by atoms with E-state index in [1.807, 2.05) is 19.1 Å². The number of rotatable bonds is 4. The molecular weight excluding hydrogens is 270 g/mol. The number of carbonyl (C=O) groups excluding carboxylic acids is 1. The van der Waals surface area contributed by atoms with E-state index in [0.717, 1.165) is 40.6 Å². The molecule has 0 saturated carbocycles. The van der Waals surface area contributed by atoms with E-state index >= 15 is 0 Å². The molecular formula is C15H17N3OS. The molecule has 1 aliphatic rings. The minimum absolute atomic E-state index is 0.0701. The first-order valence-electron chi connectivity index (χ1n) is 6.83. The van der Waals surface area contributed by atoms with Gasteiger partial charge in [-0.1, -0.05) is 13.0 Å². The van der Waals surface area contributed by atoms with Gasteiger partial charge < -0.3 is 10.6 Å². The van der Waals surface area contributed by atoms with Crippen molar-refractivity contribution in [3.8, 4) is 11.3 Å². The van der Waals surface area contributed by atoms with Crippen molar-refractivity contribution < 1.29 is 4.79 Å². The van der Waals surface area contributed by atoms with Crippen molar-refractivity contribution in [3.63, 3.8) is 0 Å². The monoisotopic (exact) mass is 287 g/mol. The Labute approximate surface area is 122 Å². The first-order valence-corrected chi connectivity index (χ1v) is 7.71. The first-order chi connectivity index (χ1) is 9.69. The predicted molar refractivity (Wildman–Crippen MR) is 83.4 cm³/mol. The van der Waals surface area contributed by atoms with Crippen molar-refractivity contribution >= 4 is 28.1 Å². The van der Waals surface area contributed by atoms with Gasteiger partial charge in [0.1, 0.15) is 0 Å². The number of nitrogens with one attached hydrogen (secondary N) is 2. The standard InChI is InChI=1S/C15H17N3OS/c1-3-6-16-15-18-13(8-20-15)10-4-5-12-11(7-10)9(2)14(19)17-12/h4-5,7-9H,3,6H2,1-2H3,(H,16,18)(H,17,19)/t9-/m1/s1. The van der Waals surface area contributed by atoms with Crippen LogP contribution in [0.3, 0.4) is 0 Å². The summed E-state index contributed by atoms with van der Waals surface area (Å²) >= 11 is 1.61. The summed E-state index contributed by atoms with van der Waals surface area (Å²) in [6.45, 7) is 5.00. The largest absolute Gasteiger partial charge is 0.362 e. The maximum atomic E-state index is 11.7. The van der Waals surface area contributed by atoms with Crippen molar-refractivity contribution in [2.45, 2.75) is 26.2 Å². The molecule has 2 heterocycles. The van der Waals surface area contributed by atoms with Crippen LogP contribution >= 0.6 is 11.3 Å². The maximum Gasteiger partial charge on any atom is 0.231 e. The Balaban J connectivity index is 1.88. The number of aromatic nitrogens is 1. The smallest absolute Gasteiger partial charge is 0.231 e. The second kappa shape index (κ2) is 5.25. The van der Waals surface area contributed by atoms with Gasteiger partial charge >= 0.3 is 0 Å². The SMILES string of the molecule is CCCNc1nc(-c2ccc3c(c2)[C@@H](C)C(=O)N3)cs1. The summed E-state index contributed by atoms with van der Waals surface area (Å²) in [4.78, 5) is 16.3. The van der Waals surface area contributed by atoms with Crippen LogP contribution in [0.25, 0.3) is 11.3 Å². The first kappa shape index (κ1) is 13.1. The molecule has 1 aliphatic heterocycles. The zero-order chi connectivity index (χ0) is 14.1. The number of hydrogen-bond donors (Lipinski definition) is 2. The highest BCUT2D eigenvalue weighted by Gasteiger charge is 2.26. The van der Waals surface area contributed by atoms with E-state index in [0.29, 0.717) is 0 Å². The molecule has 1 aromatic carbocycles. The Hall–Kier alpha value is -1.88. The highest BCUT2D eigenvalue weighted by atomic mass is 32.1. The molecule has 0 spiro atoms. The van der Waals surface area contributed by atoms with Gasteiger partial charge in [0.15, 0.2) is 5.13 Å². The van der Waals surface area contributed by atoms with Crippen molar-refractivity contribution in [3.05, 3.63) is 29.1 Å². The van der Waals surface area contributed by atoms with E-state index < -0.39 is 0 Å². The van der Waals surface area contributed by atoms with Crippen LogP contribution in [-0.2, 0) is 4.79 Å². The summed E-state index contributed by atoms with van der Waals surface area (Å²) in [6.07, 6.45) is 1.08. The van der Waals surface area contributed by atoms with Crippen LogP contribution in [0.15, 0.2) is 23.6 Å². The summed E-state index contributed by atoms with van der Waals surface area (Å²) in [5, 5.41) is 9.18. The number of amides is 1. The average molecular weight is 287 g/mol. The molecule has 1 atom stereocenters. The molecule has 1 amide bonds. The molecule has 4 nitrogen and oxygen atoms in total. The Kier molecular flexibility index (Phi) is 3.44. The van der Waals surface area contributed by atoms with Gasteiger partial charge in [-0.25, -0.2) is 4.98 Å². The summed E-state index contributed by atoms with van der Waals surface area (Å²) in [6, 6.07) is 6.04. The number of fused-ring (bicyclic) bond motifs is 1. The molecule has 104 valence electrons. The van der Waals surface area contributed by atoms with Crippen molar-refractivity contribution in [1.82, 2.24) is 4.98 Å². The van der Waals surface area contributed by atoms with Crippen LogP contribution in [0.2, 0.25) is 0 Å². The lowest BCUT2D eigenvalue weighted by Gasteiger charge is -2.04. The Morgan fingerprint density at radius 2 is 2.30 bits per heavy atom. The van der Waals surface area contributed by atoms with Crippen molar-refractivity contribution in [2.75, 3.05) is 17.2 Å². The predicted octanol–water partition coefficient (Wildman–Crippen LogP) is 3.69. The van der Waals surface area contributed by atoms with Crippen LogP contribution in [0, 0.1) is 0 Å². The molecule has 20 heavy (non-hydrogen) atoms. The molecule has 1 aromatic heterocycles. The average Bonchev–Trinajstić information content (AvgIpc) is 3.03. The van der Waals surface area contributed by atoms with Gasteiger partial charge in [-0.3, -0.25) is 4.79 Å². The maximum absolute atomic E-state index is 11.7. The van der Waals surface area contributed by atoms with Gasteiger partial charge in [0.25, 0.3) is 0 Å². The quantitative estimate of drug-likeness (QED) is 0.901. The summed E-state index contributed by atoms with van der Waals surface area (Å²) in [5.41, 5.74) is 4.00. The fourth-order valence-corrected chi connectivity index (χ4v) is 3.04. The molecule has 0 unspecified atom stereocenters. The number of thiazole rings is 1. The van der Waals surface area contributed by atoms with E-state index in [1.54, 1.807) is 11.3 Å². The lowest BCUT2D eigenvalue weighted by Crippen LogP contribution is -2.08. The number of anilines is 2. The molecule has 0 aliphatic carbocycles. The summed E-state index contributed by atoms with van der Waals surface area (Å²) in [7, 11) is 0. The van der Waals surface area contributed by atoms with Crippen LogP contribution in [0.1, 0.15) is 31.7 Å². The Bertz CT molecular complexity index is 650. The van der Waals surface area contributed by atoms with Gasteiger partial charge in [-0.15, -0.1) is 11.3 Å². The van der Waals surface area contributed by atoms with Crippen molar-refractivity contribution in [2.24, 2.45) is 0 Å². The molecule has 3 rings (SSSR count). The van der Waals surface area contributed by atoms with E-state index in [4.69, 9.17) is 0 Å². The second-order valence-corrected chi connectivity index (χ2v) is 5.84. The molecule has 5 heteroatoms. The topological polar surface area (TPSA) is 54.0 Å². The number of nitrogens with zero attached hydrogens (tertiary/aromatic N) is 1. The lowest BCUT2D eigenvalue weighted by atomic mass is 10.00. The molecule has 0 saturated heterocycles. The van der Waals surface area contributed by atoms with Gasteiger partial charge in [-0.05, 0) is 31.0 Å².